The van der Waals surface area contributed by atoms with E-state index < -0.39 is 47.7 Å². The molecule has 0 spiro atoms. The van der Waals surface area contributed by atoms with Crippen LogP contribution < -0.4 is 27.0 Å². The summed E-state index contributed by atoms with van der Waals surface area (Å²) in [4.78, 5) is 65.5. The Morgan fingerprint density at radius 2 is 1.52 bits per heavy atom. The fraction of sp³-hybridized carbons (Fsp3) is 0.425. The molecule has 0 unspecified atom stereocenters. The molecule has 2 atom stereocenters. The number of benzene rings is 3. The summed E-state index contributed by atoms with van der Waals surface area (Å²) in [6.45, 7) is 8.68. The van der Waals surface area contributed by atoms with Gasteiger partial charge in [-0.15, -0.1) is 0 Å². The third kappa shape index (κ3) is 11.2. The van der Waals surface area contributed by atoms with Crippen LogP contribution in [0.25, 0.3) is 11.1 Å². The molecule has 0 saturated carbocycles. The van der Waals surface area contributed by atoms with Crippen LogP contribution in [0.4, 0.5) is 20.1 Å². The van der Waals surface area contributed by atoms with Gasteiger partial charge >= 0.3 is 18.2 Å². The minimum Gasteiger partial charge on any atom is -0.448 e. The Kier molecular flexibility index (Phi) is 14.0. The summed E-state index contributed by atoms with van der Waals surface area (Å²) in [6.07, 6.45) is -0.904. The highest BCUT2D eigenvalue weighted by molar-refractivity contribution is 5.98. The number of nitrogens with one attached hydrogen (secondary N) is 4. The van der Waals surface area contributed by atoms with E-state index in [1.165, 1.54) is 4.90 Å². The van der Waals surface area contributed by atoms with Crippen LogP contribution in [-0.2, 0) is 32.2 Å². The van der Waals surface area contributed by atoms with Crippen molar-refractivity contribution in [1.82, 2.24) is 20.9 Å². The Bertz CT molecular complexity index is 1780. The van der Waals surface area contributed by atoms with E-state index in [0.717, 1.165) is 22.3 Å². The zero-order valence-electron chi connectivity index (χ0n) is 31.7. The number of primary amides is 1. The lowest BCUT2D eigenvalue weighted by Crippen LogP contribution is -2.55. The topological polar surface area (TPSA) is 201 Å². The maximum absolute atomic E-state index is 13.7. The van der Waals surface area contributed by atoms with Gasteiger partial charge in [-0.1, -0.05) is 68.4 Å². The minimum atomic E-state index is -1.07. The van der Waals surface area contributed by atoms with Gasteiger partial charge in [0.05, 0.1) is 6.61 Å². The number of ether oxygens (including phenoxy) is 2. The van der Waals surface area contributed by atoms with Crippen LogP contribution in [0, 0.1) is 5.92 Å². The van der Waals surface area contributed by atoms with E-state index in [-0.39, 0.29) is 44.6 Å². The first-order chi connectivity index (χ1) is 25.6. The van der Waals surface area contributed by atoms with Crippen molar-refractivity contribution in [2.75, 3.05) is 25.5 Å². The molecule has 14 nitrogen and oxygen atoms in total. The van der Waals surface area contributed by atoms with Crippen molar-refractivity contribution < 1.29 is 38.6 Å². The Morgan fingerprint density at radius 1 is 0.889 bits per heavy atom. The van der Waals surface area contributed by atoms with Gasteiger partial charge in [-0.05, 0) is 85.0 Å². The van der Waals surface area contributed by atoms with E-state index in [0.29, 0.717) is 23.2 Å². The molecular formula is C40H52N6O8. The second-order valence-electron chi connectivity index (χ2n) is 14.7. The van der Waals surface area contributed by atoms with E-state index >= 15 is 0 Å². The van der Waals surface area contributed by atoms with Gasteiger partial charge in [0.2, 0.25) is 11.8 Å². The molecule has 14 heteroatoms. The second-order valence-corrected chi connectivity index (χ2v) is 14.7. The van der Waals surface area contributed by atoms with Crippen LogP contribution in [0.3, 0.4) is 0 Å². The van der Waals surface area contributed by atoms with Gasteiger partial charge in [-0.3, -0.25) is 9.59 Å². The molecule has 1 aliphatic rings. The Hall–Kier alpha value is -5.63. The number of aliphatic hydroxyl groups is 1. The standard InChI is InChI=1S/C40H52N6O8/c1-24(2)34(45-38(51)54-40(3,4)5)36(49)44-33(16-11-19-42-37(41)50)35(48)43-27-18-17-25(22-47)26(20-27)21-46(6)39(52)53-23-32-30-14-9-7-12-28(30)29-13-8-10-15-31(29)32/h7-10,12-15,17-18,20,24,32-34,47H,11,16,19,21-23H2,1-6H3,(H,43,48)(H,44,49)(H,45,51)(H3,41,42,50)/t33-,34-/m0/s1. The zero-order valence-corrected chi connectivity index (χ0v) is 31.7. The summed E-state index contributed by atoms with van der Waals surface area (Å²) in [5.74, 6) is -1.61. The number of fused-ring (bicyclic) bond motifs is 3. The van der Waals surface area contributed by atoms with Gasteiger partial charge in [0.25, 0.3) is 0 Å². The van der Waals surface area contributed by atoms with Crippen molar-refractivity contribution in [2.24, 2.45) is 11.7 Å². The lowest BCUT2D eigenvalue weighted by Gasteiger charge is -2.27. The molecule has 7 N–H and O–H groups in total. The number of urea groups is 1. The first-order valence-electron chi connectivity index (χ1n) is 18.0. The zero-order chi connectivity index (χ0) is 39.6. The molecule has 6 amide bonds. The fourth-order valence-corrected chi connectivity index (χ4v) is 6.28. The number of nitrogens with two attached hydrogens (primary N) is 1. The summed E-state index contributed by atoms with van der Waals surface area (Å²) >= 11 is 0. The van der Waals surface area contributed by atoms with Gasteiger partial charge in [-0.2, -0.15) is 0 Å². The Morgan fingerprint density at radius 3 is 2.09 bits per heavy atom. The van der Waals surface area contributed by atoms with Crippen LogP contribution >= 0.6 is 0 Å². The molecule has 0 heterocycles. The molecule has 3 aromatic carbocycles. The molecule has 0 radical (unpaired) electrons. The predicted molar refractivity (Wildman–Crippen MR) is 204 cm³/mol. The van der Waals surface area contributed by atoms with Crippen LogP contribution in [0.5, 0.6) is 0 Å². The van der Waals surface area contributed by atoms with Crippen molar-refractivity contribution in [3.05, 3.63) is 89.0 Å². The molecule has 0 saturated heterocycles. The third-order valence-corrected chi connectivity index (χ3v) is 8.92. The van der Waals surface area contributed by atoms with Crippen molar-refractivity contribution in [2.45, 2.75) is 84.2 Å². The molecule has 0 fully saturated rings. The molecule has 290 valence electrons. The number of carbonyl (C=O) groups excluding carboxylic acids is 5. The number of hydrogen-bond donors (Lipinski definition) is 6. The van der Waals surface area contributed by atoms with Gasteiger partial charge in [-0.25, -0.2) is 14.4 Å². The van der Waals surface area contributed by atoms with Gasteiger partial charge < -0.3 is 46.5 Å². The van der Waals surface area contributed by atoms with E-state index in [9.17, 15) is 29.1 Å². The van der Waals surface area contributed by atoms with Crippen LogP contribution in [0.2, 0.25) is 0 Å². The molecule has 4 rings (SSSR count). The highest BCUT2D eigenvalue weighted by Gasteiger charge is 2.31. The summed E-state index contributed by atoms with van der Waals surface area (Å²) in [6, 6.07) is 18.2. The number of nitrogens with zero attached hydrogens (tertiary/aromatic N) is 1. The molecule has 0 aliphatic heterocycles. The van der Waals surface area contributed by atoms with E-state index in [1.807, 2.05) is 36.4 Å². The highest BCUT2D eigenvalue weighted by Crippen LogP contribution is 2.44. The first kappa shape index (κ1) is 41.1. The average Bonchev–Trinajstić information content (AvgIpc) is 3.43. The molecule has 54 heavy (non-hydrogen) atoms. The maximum Gasteiger partial charge on any atom is 0.409 e. The van der Waals surface area contributed by atoms with Crippen LogP contribution in [0.15, 0.2) is 66.7 Å². The highest BCUT2D eigenvalue weighted by atomic mass is 16.6. The van der Waals surface area contributed by atoms with E-state index in [4.69, 9.17) is 15.2 Å². The number of carbonyl (C=O) groups is 5. The van der Waals surface area contributed by atoms with Gasteiger partial charge in [0.1, 0.15) is 24.3 Å². The normalized spacial score (nSPS) is 13.2. The summed E-state index contributed by atoms with van der Waals surface area (Å²) in [5.41, 5.74) is 10.3. The van der Waals surface area contributed by atoms with Gasteiger partial charge in [0, 0.05) is 31.7 Å². The monoisotopic (exact) mass is 744 g/mol. The second kappa shape index (κ2) is 18.4. The quantitative estimate of drug-likeness (QED) is 0.117. The number of hydrogen-bond acceptors (Lipinski definition) is 8. The molecular weight excluding hydrogens is 692 g/mol. The number of amides is 6. The summed E-state index contributed by atoms with van der Waals surface area (Å²) in [7, 11) is 1.59. The molecule has 0 aromatic heterocycles. The van der Waals surface area contributed by atoms with E-state index in [2.05, 4.69) is 33.4 Å². The van der Waals surface area contributed by atoms with Crippen molar-refractivity contribution in [3.8, 4) is 11.1 Å². The van der Waals surface area contributed by atoms with Crippen molar-refractivity contribution in [3.63, 3.8) is 0 Å². The lowest BCUT2D eigenvalue weighted by molar-refractivity contribution is -0.128. The van der Waals surface area contributed by atoms with Crippen LogP contribution in [0.1, 0.15) is 75.6 Å². The fourth-order valence-electron chi connectivity index (χ4n) is 6.28. The number of rotatable bonds is 15. The third-order valence-electron chi connectivity index (χ3n) is 8.92. The van der Waals surface area contributed by atoms with E-state index in [1.54, 1.807) is 59.9 Å². The SMILES string of the molecule is CC(C)[C@H](NC(=O)OC(C)(C)C)C(=O)N[C@@H](CCCNC(N)=O)C(=O)Nc1ccc(CO)c(CN(C)C(=O)OCC2c3ccccc3-c3ccccc32)c1. The summed E-state index contributed by atoms with van der Waals surface area (Å²) < 4.78 is 11.1. The van der Waals surface area contributed by atoms with Gasteiger partial charge in [0.15, 0.2) is 0 Å². The maximum atomic E-state index is 13.7. The smallest absolute Gasteiger partial charge is 0.409 e. The number of aliphatic hydroxyl groups excluding tert-OH is 1. The Balaban J connectivity index is 1.44. The predicted octanol–water partition coefficient (Wildman–Crippen LogP) is 4.98. The Labute approximate surface area is 316 Å². The summed E-state index contributed by atoms with van der Waals surface area (Å²) in [5, 5.41) is 20.7. The lowest BCUT2D eigenvalue weighted by atomic mass is 9.98. The number of anilines is 1. The molecule has 1 aliphatic carbocycles. The van der Waals surface area contributed by atoms with Crippen LogP contribution in [-0.4, -0.2) is 77.9 Å². The molecule has 3 aromatic rings. The van der Waals surface area contributed by atoms with Crippen molar-refractivity contribution in [1.29, 1.82) is 0 Å². The largest absolute Gasteiger partial charge is 0.448 e. The molecule has 0 bridgehead atoms. The minimum absolute atomic E-state index is 0.0711. The van der Waals surface area contributed by atoms with Crippen molar-refractivity contribution >= 4 is 35.7 Å². The average molecular weight is 745 g/mol. The number of alkyl carbamates (subject to hydrolysis) is 1. The first-order valence-corrected chi connectivity index (χ1v) is 18.0.